The Morgan fingerprint density at radius 3 is 2.83 bits per heavy atom. The number of allylic oxidation sites excluding steroid dienone is 1. The topological polar surface area (TPSA) is 76.1 Å². The van der Waals surface area contributed by atoms with E-state index in [1.165, 1.54) is 0 Å². The van der Waals surface area contributed by atoms with Crippen LogP contribution in [0, 0.1) is 0 Å². The van der Waals surface area contributed by atoms with Gasteiger partial charge in [0.25, 0.3) is 10.1 Å². The molecule has 0 fully saturated rings. The third-order valence-electron chi connectivity index (χ3n) is 3.59. The lowest BCUT2D eigenvalue weighted by Gasteiger charge is -2.23. The quantitative estimate of drug-likeness (QED) is 0.553. The molecule has 134 valence electrons. The highest BCUT2D eigenvalue weighted by Crippen LogP contribution is 2.39. The van der Waals surface area contributed by atoms with E-state index in [0.29, 0.717) is 23.9 Å². The number of rotatable bonds is 8. The predicted molar refractivity (Wildman–Crippen MR) is 94.2 cm³/mol. The van der Waals surface area contributed by atoms with Gasteiger partial charge in [-0.1, -0.05) is 18.5 Å². The van der Waals surface area contributed by atoms with Crippen molar-refractivity contribution < 1.29 is 22.4 Å². The summed E-state index contributed by atoms with van der Waals surface area (Å²) in [5.41, 5.74) is 0.797. The summed E-state index contributed by atoms with van der Waals surface area (Å²) in [7, 11) is -3.99. The molecule has 0 spiro atoms. The molecule has 1 N–H and O–H groups in total. The van der Waals surface area contributed by atoms with Crippen molar-refractivity contribution >= 4 is 27.4 Å². The molecule has 0 saturated carbocycles. The summed E-state index contributed by atoms with van der Waals surface area (Å²) in [6.45, 7) is 4.87. The van der Waals surface area contributed by atoms with Gasteiger partial charge in [-0.3, -0.25) is 4.55 Å². The van der Waals surface area contributed by atoms with Gasteiger partial charge in [-0.05, 0) is 31.5 Å². The molecule has 8 heteroatoms. The van der Waals surface area contributed by atoms with E-state index in [2.05, 4.69) is 0 Å². The standard InChI is InChI=1S/C16H22ClNO5S/c1-3-13(22-4-2)11-16-18(8-5-9-24(19,20)21)14-10-12(17)6-7-15(14)23-16/h6-7,10-11,16H,3-5,8-9H2,1-2H3,(H,19,20,21). The van der Waals surface area contributed by atoms with Gasteiger partial charge in [0.2, 0.25) is 0 Å². The van der Waals surface area contributed by atoms with Gasteiger partial charge in [0.1, 0.15) is 5.75 Å². The highest BCUT2D eigenvalue weighted by molar-refractivity contribution is 7.85. The monoisotopic (exact) mass is 375 g/mol. The van der Waals surface area contributed by atoms with Crippen LogP contribution in [-0.2, 0) is 14.9 Å². The van der Waals surface area contributed by atoms with Crippen molar-refractivity contribution in [2.75, 3.05) is 23.8 Å². The first-order valence-corrected chi connectivity index (χ1v) is 9.84. The van der Waals surface area contributed by atoms with Crippen LogP contribution < -0.4 is 9.64 Å². The molecule has 0 saturated heterocycles. The zero-order chi connectivity index (χ0) is 17.7. The van der Waals surface area contributed by atoms with E-state index >= 15 is 0 Å². The van der Waals surface area contributed by atoms with E-state index in [1.54, 1.807) is 18.2 Å². The minimum atomic E-state index is -3.99. The molecule has 0 amide bonds. The maximum atomic E-state index is 10.9. The Labute approximate surface area is 147 Å². The molecule has 1 aromatic carbocycles. The summed E-state index contributed by atoms with van der Waals surface area (Å²) in [6.07, 6.45) is 2.48. The van der Waals surface area contributed by atoms with E-state index in [9.17, 15) is 8.42 Å². The van der Waals surface area contributed by atoms with Gasteiger partial charge < -0.3 is 14.4 Å². The number of hydrogen-bond donors (Lipinski definition) is 1. The van der Waals surface area contributed by atoms with Gasteiger partial charge in [0, 0.05) is 24.1 Å². The summed E-state index contributed by atoms with van der Waals surface area (Å²) in [4.78, 5) is 1.92. The Hall–Kier alpha value is -1.44. The molecule has 1 aliphatic rings. The number of fused-ring (bicyclic) bond motifs is 1. The van der Waals surface area contributed by atoms with Gasteiger partial charge in [-0.15, -0.1) is 0 Å². The Morgan fingerprint density at radius 2 is 2.21 bits per heavy atom. The van der Waals surface area contributed by atoms with Crippen LogP contribution in [0.25, 0.3) is 0 Å². The van der Waals surface area contributed by atoms with Crippen molar-refractivity contribution in [3.63, 3.8) is 0 Å². The summed E-state index contributed by atoms with van der Waals surface area (Å²) >= 11 is 6.07. The van der Waals surface area contributed by atoms with E-state index in [1.807, 2.05) is 24.8 Å². The lowest BCUT2D eigenvalue weighted by atomic mass is 10.2. The third-order valence-corrected chi connectivity index (χ3v) is 4.63. The highest BCUT2D eigenvalue weighted by atomic mass is 35.5. The Kier molecular flexibility index (Phi) is 6.37. The van der Waals surface area contributed by atoms with Crippen molar-refractivity contribution in [1.29, 1.82) is 0 Å². The van der Waals surface area contributed by atoms with Crippen LogP contribution in [0.2, 0.25) is 5.02 Å². The fourth-order valence-electron chi connectivity index (χ4n) is 2.55. The fourth-order valence-corrected chi connectivity index (χ4v) is 3.21. The van der Waals surface area contributed by atoms with Crippen molar-refractivity contribution in [3.05, 3.63) is 35.1 Å². The normalized spacial score (nSPS) is 17.6. The van der Waals surface area contributed by atoms with E-state index < -0.39 is 16.3 Å². The molecule has 24 heavy (non-hydrogen) atoms. The highest BCUT2D eigenvalue weighted by Gasteiger charge is 2.30. The van der Waals surface area contributed by atoms with Crippen LogP contribution >= 0.6 is 11.6 Å². The van der Waals surface area contributed by atoms with E-state index in [4.69, 9.17) is 25.6 Å². The number of ether oxygens (including phenoxy) is 2. The first-order valence-electron chi connectivity index (χ1n) is 7.85. The lowest BCUT2D eigenvalue weighted by molar-refractivity contribution is 0.206. The lowest BCUT2D eigenvalue weighted by Crippen LogP contribution is -2.35. The first kappa shape index (κ1) is 18.9. The van der Waals surface area contributed by atoms with Crippen LogP contribution in [0.1, 0.15) is 26.7 Å². The maximum Gasteiger partial charge on any atom is 0.264 e. The summed E-state index contributed by atoms with van der Waals surface area (Å²) < 4.78 is 42.3. The van der Waals surface area contributed by atoms with Crippen LogP contribution in [-0.4, -0.2) is 38.1 Å². The summed E-state index contributed by atoms with van der Waals surface area (Å²) in [5, 5.41) is 0.572. The van der Waals surface area contributed by atoms with Crippen LogP contribution in [0.4, 0.5) is 5.69 Å². The second kappa shape index (κ2) is 8.09. The van der Waals surface area contributed by atoms with Crippen molar-refractivity contribution in [1.82, 2.24) is 0 Å². The second-order valence-corrected chi connectivity index (χ2v) is 7.38. The molecule has 0 aromatic heterocycles. The molecule has 1 unspecified atom stereocenters. The zero-order valence-corrected chi connectivity index (χ0v) is 15.3. The molecule has 0 aliphatic carbocycles. The first-order chi connectivity index (χ1) is 11.3. The number of benzene rings is 1. The Bertz CT molecular complexity index is 704. The SMILES string of the molecule is CCOC(=CC1Oc2ccc(Cl)cc2N1CCCS(=O)(=O)O)CC. The molecule has 1 heterocycles. The fraction of sp³-hybridized carbons (Fsp3) is 0.500. The zero-order valence-electron chi connectivity index (χ0n) is 13.7. The number of halogens is 1. The Morgan fingerprint density at radius 1 is 1.46 bits per heavy atom. The number of anilines is 1. The molecule has 2 rings (SSSR count). The average molecular weight is 376 g/mol. The predicted octanol–water partition coefficient (Wildman–Crippen LogP) is 3.47. The molecule has 1 atom stereocenters. The van der Waals surface area contributed by atoms with E-state index in [-0.39, 0.29) is 12.2 Å². The maximum absolute atomic E-state index is 10.9. The van der Waals surface area contributed by atoms with Gasteiger partial charge in [-0.25, -0.2) is 0 Å². The largest absolute Gasteiger partial charge is 0.498 e. The van der Waals surface area contributed by atoms with E-state index in [0.717, 1.165) is 17.9 Å². The number of hydrogen-bond acceptors (Lipinski definition) is 5. The van der Waals surface area contributed by atoms with Gasteiger partial charge in [0.05, 0.1) is 23.8 Å². The molecule has 0 bridgehead atoms. The minimum Gasteiger partial charge on any atom is -0.498 e. The van der Waals surface area contributed by atoms with Gasteiger partial charge in [0.15, 0.2) is 6.23 Å². The van der Waals surface area contributed by atoms with Crippen molar-refractivity contribution in [3.8, 4) is 5.75 Å². The molecule has 6 nitrogen and oxygen atoms in total. The van der Waals surface area contributed by atoms with Crippen LogP contribution in [0.15, 0.2) is 30.0 Å². The van der Waals surface area contributed by atoms with Gasteiger partial charge in [-0.2, -0.15) is 8.42 Å². The van der Waals surface area contributed by atoms with Crippen LogP contribution in [0.5, 0.6) is 5.75 Å². The average Bonchev–Trinajstić information content (AvgIpc) is 2.83. The van der Waals surface area contributed by atoms with Crippen LogP contribution in [0.3, 0.4) is 0 Å². The molecular formula is C16H22ClNO5S. The molecule has 0 radical (unpaired) electrons. The third kappa shape index (κ3) is 5.03. The van der Waals surface area contributed by atoms with Crippen molar-refractivity contribution in [2.24, 2.45) is 0 Å². The molecular weight excluding hydrogens is 354 g/mol. The molecule has 1 aliphatic heterocycles. The molecule has 1 aromatic rings. The number of nitrogens with zero attached hydrogens (tertiary/aromatic N) is 1. The van der Waals surface area contributed by atoms with Crippen molar-refractivity contribution in [2.45, 2.75) is 32.9 Å². The van der Waals surface area contributed by atoms with Gasteiger partial charge >= 0.3 is 0 Å². The second-order valence-electron chi connectivity index (χ2n) is 5.37. The Balaban J connectivity index is 2.23. The summed E-state index contributed by atoms with van der Waals surface area (Å²) in [6, 6.07) is 5.31. The smallest absolute Gasteiger partial charge is 0.264 e. The minimum absolute atomic E-state index is 0.272. The summed E-state index contributed by atoms with van der Waals surface area (Å²) in [5.74, 6) is 1.18.